The first-order valence-electron chi connectivity index (χ1n) is 5.84. The Hall–Kier alpha value is -1.78. The number of carbonyl (C=O) groups is 2. The topological polar surface area (TPSA) is 68.5 Å². The Morgan fingerprint density at radius 3 is 2.61 bits per heavy atom. The summed E-state index contributed by atoms with van der Waals surface area (Å²) in [6, 6.07) is 2.94. The molecule has 0 fully saturated rings. The van der Waals surface area contributed by atoms with Gasteiger partial charge in [0.15, 0.2) is 11.5 Å². The van der Waals surface area contributed by atoms with Gasteiger partial charge in [-0.25, -0.2) is 4.79 Å². The van der Waals surface area contributed by atoms with Crippen LogP contribution >= 0.6 is 0 Å². The van der Waals surface area contributed by atoms with E-state index in [0.29, 0.717) is 5.76 Å². The molecule has 0 radical (unpaired) electrons. The maximum absolute atomic E-state index is 11.7. The summed E-state index contributed by atoms with van der Waals surface area (Å²) in [7, 11) is 0. The van der Waals surface area contributed by atoms with Gasteiger partial charge in [-0.1, -0.05) is 0 Å². The summed E-state index contributed by atoms with van der Waals surface area (Å²) in [5.41, 5.74) is -0.547. The molecule has 0 aromatic carbocycles. The van der Waals surface area contributed by atoms with Crippen LogP contribution in [0.3, 0.4) is 0 Å². The number of hydrogen-bond acceptors (Lipinski definition) is 4. The predicted octanol–water partition coefficient (Wildman–Crippen LogP) is 2.77. The van der Waals surface area contributed by atoms with Crippen LogP contribution in [0.1, 0.15) is 44.7 Å². The third-order valence-electron chi connectivity index (χ3n) is 2.05. The fourth-order valence-corrected chi connectivity index (χ4v) is 1.38. The van der Waals surface area contributed by atoms with Crippen molar-refractivity contribution in [1.29, 1.82) is 0 Å². The molecule has 5 heteroatoms. The van der Waals surface area contributed by atoms with Crippen molar-refractivity contribution in [2.45, 2.75) is 45.8 Å². The van der Waals surface area contributed by atoms with E-state index >= 15 is 0 Å². The highest BCUT2D eigenvalue weighted by molar-refractivity contribution is 5.93. The molecule has 0 saturated heterocycles. The first-order valence-corrected chi connectivity index (χ1v) is 5.84. The average molecular weight is 253 g/mol. The molecule has 0 aliphatic rings. The van der Waals surface area contributed by atoms with E-state index in [4.69, 9.17) is 9.15 Å². The largest absolute Gasteiger partial charge is 0.461 e. The number of nitrogens with one attached hydrogen (secondary N) is 1. The second kappa shape index (κ2) is 5.71. The number of amides is 1. The zero-order valence-corrected chi connectivity index (χ0v) is 11.1. The molecule has 1 N–H and O–H groups in total. The molecule has 18 heavy (non-hydrogen) atoms. The highest BCUT2D eigenvalue weighted by Gasteiger charge is 2.19. The molecule has 1 heterocycles. The molecule has 0 aliphatic carbocycles. The predicted molar refractivity (Wildman–Crippen MR) is 66.5 cm³/mol. The number of Topliss-reactive ketones (excluding diaryl/α,β-unsaturated/α-hetero) is 1. The lowest BCUT2D eigenvalue weighted by molar-refractivity contribution is 0.0506. The molecule has 100 valence electrons. The molecule has 1 aromatic rings. The third kappa shape index (κ3) is 5.03. The van der Waals surface area contributed by atoms with Gasteiger partial charge in [0.2, 0.25) is 0 Å². The van der Waals surface area contributed by atoms with Gasteiger partial charge in [-0.05, 0) is 39.8 Å². The average Bonchev–Trinajstić information content (AvgIpc) is 2.65. The lowest BCUT2D eigenvalue weighted by atomic mass is 10.1. The van der Waals surface area contributed by atoms with Gasteiger partial charge in [0.25, 0.3) is 0 Å². The van der Waals surface area contributed by atoms with Gasteiger partial charge < -0.3 is 14.5 Å². The van der Waals surface area contributed by atoms with Crippen molar-refractivity contribution >= 4 is 11.9 Å². The highest BCUT2D eigenvalue weighted by Crippen LogP contribution is 2.09. The van der Waals surface area contributed by atoms with Crippen LogP contribution < -0.4 is 5.32 Å². The minimum absolute atomic E-state index is 0.149. The Bertz CT molecular complexity index is 403. The van der Waals surface area contributed by atoms with E-state index in [1.807, 2.05) is 0 Å². The molecular formula is C13H19NO4. The lowest BCUT2D eigenvalue weighted by Gasteiger charge is -2.21. The van der Waals surface area contributed by atoms with E-state index in [1.165, 1.54) is 6.26 Å². The van der Waals surface area contributed by atoms with Crippen LogP contribution in [0.25, 0.3) is 0 Å². The number of furan rings is 1. The van der Waals surface area contributed by atoms with Crippen LogP contribution in [0, 0.1) is 0 Å². The summed E-state index contributed by atoms with van der Waals surface area (Å²) in [5.74, 6) is 0.149. The first kappa shape index (κ1) is 14.3. The van der Waals surface area contributed by atoms with Gasteiger partial charge in [-0.15, -0.1) is 0 Å². The number of ketones is 1. The van der Waals surface area contributed by atoms with Crippen LogP contribution in [0.2, 0.25) is 0 Å². The Balaban J connectivity index is 2.40. The zero-order chi connectivity index (χ0) is 13.8. The Morgan fingerprint density at radius 2 is 2.11 bits per heavy atom. The van der Waals surface area contributed by atoms with E-state index in [-0.39, 0.29) is 18.2 Å². The van der Waals surface area contributed by atoms with Gasteiger partial charge in [0, 0.05) is 12.5 Å². The number of alkyl carbamates (subject to hydrolysis) is 1. The van der Waals surface area contributed by atoms with Crippen molar-refractivity contribution in [3.05, 3.63) is 24.2 Å². The molecule has 0 spiro atoms. The minimum Gasteiger partial charge on any atom is -0.461 e. The van der Waals surface area contributed by atoms with Crippen LogP contribution in [0.15, 0.2) is 22.8 Å². The fraction of sp³-hybridized carbons (Fsp3) is 0.538. The zero-order valence-electron chi connectivity index (χ0n) is 11.1. The standard InChI is InChI=1S/C13H19NO4/c1-9(14-12(16)18-13(2,3)4)8-10(15)11-6-5-7-17-11/h5-7,9H,8H2,1-4H3,(H,14,16)/t9-/m1/s1. The van der Waals surface area contributed by atoms with Crippen molar-refractivity contribution in [3.63, 3.8) is 0 Å². The molecule has 0 saturated carbocycles. The van der Waals surface area contributed by atoms with Crippen LogP contribution in [-0.2, 0) is 4.74 Å². The first-order chi connectivity index (χ1) is 8.28. The number of ether oxygens (including phenoxy) is 1. The van der Waals surface area contributed by atoms with Gasteiger partial charge >= 0.3 is 6.09 Å². The molecule has 0 unspecified atom stereocenters. The molecule has 0 bridgehead atoms. The SMILES string of the molecule is C[C@H](CC(=O)c1ccco1)NC(=O)OC(C)(C)C. The molecule has 1 amide bonds. The summed E-state index contributed by atoms with van der Waals surface area (Å²) in [6.07, 6.45) is 1.09. The van der Waals surface area contributed by atoms with Crippen LogP contribution in [0.4, 0.5) is 4.79 Å². The normalized spacial score (nSPS) is 12.9. The van der Waals surface area contributed by atoms with Gasteiger partial charge in [0.05, 0.1) is 6.26 Å². The van der Waals surface area contributed by atoms with Crippen molar-refractivity contribution in [2.75, 3.05) is 0 Å². The molecular weight excluding hydrogens is 234 g/mol. The summed E-state index contributed by atoms with van der Waals surface area (Å²) < 4.78 is 10.1. The van der Waals surface area contributed by atoms with Crippen LogP contribution in [0.5, 0.6) is 0 Å². The van der Waals surface area contributed by atoms with E-state index in [1.54, 1.807) is 39.8 Å². The van der Waals surface area contributed by atoms with E-state index in [9.17, 15) is 9.59 Å². The minimum atomic E-state index is -0.547. The number of hydrogen-bond donors (Lipinski definition) is 1. The molecule has 5 nitrogen and oxygen atoms in total. The smallest absolute Gasteiger partial charge is 0.407 e. The lowest BCUT2D eigenvalue weighted by Crippen LogP contribution is -2.38. The number of carbonyl (C=O) groups excluding carboxylic acids is 2. The summed E-state index contributed by atoms with van der Waals surface area (Å²) in [4.78, 5) is 23.2. The molecule has 1 aromatic heterocycles. The Morgan fingerprint density at radius 1 is 1.44 bits per heavy atom. The maximum atomic E-state index is 11.7. The second-order valence-corrected chi connectivity index (χ2v) is 5.15. The Kier molecular flexibility index (Phi) is 4.53. The van der Waals surface area contributed by atoms with E-state index < -0.39 is 11.7 Å². The van der Waals surface area contributed by atoms with E-state index in [2.05, 4.69) is 5.32 Å². The van der Waals surface area contributed by atoms with Crippen molar-refractivity contribution in [2.24, 2.45) is 0 Å². The highest BCUT2D eigenvalue weighted by atomic mass is 16.6. The molecule has 1 atom stereocenters. The van der Waals surface area contributed by atoms with E-state index in [0.717, 1.165) is 0 Å². The summed E-state index contributed by atoms with van der Waals surface area (Å²) >= 11 is 0. The second-order valence-electron chi connectivity index (χ2n) is 5.15. The fourth-order valence-electron chi connectivity index (χ4n) is 1.38. The number of rotatable bonds is 4. The van der Waals surface area contributed by atoms with Crippen molar-refractivity contribution in [1.82, 2.24) is 5.32 Å². The summed E-state index contributed by atoms with van der Waals surface area (Å²) in [5, 5.41) is 2.61. The monoisotopic (exact) mass is 253 g/mol. The van der Waals surface area contributed by atoms with Gasteiger partial charge in [0.1, 0.15) is 5.60 Å². The van der Waals surface area contributed by atoms with Gasteiger partial charge in [-0.2, -0.15) is 0 Å². The molecule has 0 aliphatic heterocycles. The maximum Gasteiger partial charge on any atom is 0.407 e. The quantitative estimate of drug-likeness (QED) is 0.838. The van der Waals surface area contributed by atoms with Crippen molar-refractivity contribution < 1.29 is 18.7 Å². The van der Waals surface area contributed by atoms with Crippen molar-refractivity contribution in [3.8, 4) is 0 Å². The summed E-state index contributed by atoms with van der Waals surface area (Å²) in [6.45, 7) is 7.09. The third-order valence-corrected chi connectivity index (χ3v) is 2.05. The van der Waals surface area contributed by atoms with Gasteiger partial charge in [-0.3, -0.25) is 4.79 Å². The molecule has 1 rings (SSSR count). The Labute approximate surface area is 106 Å². The van der Waals surface area contributed by atoms with Crippen LogP contribution in [-0.4, -0.2) is 23.5 Å².